The second-order valence-corrected chi connectivity index (χ2v) is 13.4. The number of methoxy groups -OCH3 is 1. The number of piperidine rings is 1. The van der Waals surface area contributed by atoms with Gasteiger partial charge in [0.15, 0.2) is 5.78 Å². The summed E-state index contributed by atoms with van der Waals surface area (Å²) in [5.74, 6) is 1.02. The Kier molecular flexibility index (Phi) is 11.3. The number of halogens is 2. The van der Waals surface area contributed by atoms with Gasteiger partial charge < -0.3 is 19.1 Å². The molecule has 2 aromatic heterocycles. The zero-order valence-electron chi connectivity index (χ0n) is 28.1. The maximum Gasteiger partial charge on any atom is 0.213 e. The summed E-state index contributed by atoms with van der Waals surface area (Å²) in [5.41, 5.74) is 5.60. The van der Waals surface area contributed by atoms with Crippen molar-refractivity contribution < 1.29 is 23.8 Å². The minimum absolute atomic E-state index is 0.0881. The van der Waals surface area contributed by atoms with Crippen LogP contribution in [0.3, 0.4) is 0 Å². The molecule has 0 amide bonds. The molecule has 1 aliphatic rings. The van der Waals surface area contributed by atoms with Crippen LogP contribution in [0.5, 0.6) is 11.6 Å². The van der Waals surface area contributed by atoms with Gasteiger partial charge in [-0.2, -0.15) is 0 Å². The highest BCUT2D eigenvalue weighted by Crippen LogP contribution is 2.31. The Hall–Kier alpha value is -4.24. The van der Waals surface area contributed by atoms with Gasteiger partial charge in [0.1, 0.15) is 18.2 Å². The molecule has 1 fully saturated rings. The van der Waals surface area contributed by atoms with Crippen molar-refractivity contribution in [2.45, 2.75) is 64.1 Å². The summed E-state index contributed by atoms with van der Waals surface area (Å²) in [4.78, 5) is 20.5. The van der Waals surface area contributed by atoms with E-state index in [0.29, 0.717) is 35.4 Å². The molecule has 5 aromatic rings. The fourth-order valence-electron chi connectivity index (χ4n) is 6.69. The molecule has 1 aliphatic heterocycles. The third-order valence-corrected chi connectivity index (χ3v) is 9.86. The smallest absolute Gasteiger partial charge is 0.213 e. The normalized spacial score (nSPS) is 14.7. The number of nitrogens with zero attached hydrogens (tertiary/aromatic N) is 3. The molecule has 0 spiro atoms. The molecule has 1 saturated heterocycles. The van der Waals surface area contributed by atoms with E-state index in [2.05, 4.69) is 28.5 Å². The first kappa shape index (κ1) is 34.6. The first-order chi connectivity index (χ1) is 23.8. The van der Waals surface area contributed by atoms with Crippen LogP contribution in [0, 0.1) is 5.82 Å². The Balaban J connectivity index is 1.07. The van der Waals surface area contributed by atoms with Gasteiger partial charge in [0.2, 0.25) is 5.88 Å². The lowest BCUT2D eigenvalue weighted by atomic mass is 9.93. The first-order valence-electron chi connectivity index (χ1n) is 17.0. The van der Waals surface area contributed by atoms with Crippen molar-refractivity contribution in [3.8, 4) is 11.6 Å². The lowest BCUT2D eigenvalue weighted by Crippen LogP contribution is -2.33. The Labute approximate surface area is 292 Å². The van der Waals surface area contributed by atoms with E-state index in [-0.39, 0.29) is 29.9 Å². The molecular weight excluding hydrogens is 641 g/mol. The largest absolute Gasteiger partial charge is 0.508 e. The van der Waals surface area contributed by atoms with E-state index < -0.39 is 0 Å². The number of aromatic nitrogens is 2. The van der Waals surface area contributed by atoms with Crippen molar-refractivity contribution in [3.05, 3.63) is 124 Å². The van der Waals surface area contributed by atoms with Crippen molar-refractivity contribution in [3.63, 3.8) is 0 Å². The average molecular weight is 684 g/mol. The van der Waals surface area contributed by atoms with Gasteiger partial charge in [-0.25, -0.2) is 9.37 Å². The number of aromatic hydroxyl groups is 1. The molecule has 7 nitrogen and oxygen atoms in total. The van der Waals surface area contributed by atoms with Gasteiger partial charge >= 0.3 is 0 Å². The Morgan fingerprint density at radius 1 is 1.04 bits per heavy atom. The van der Waals surface area contributed by atoms with Crippen LogP contribution in [0.2, 0.25) is 5.02 Å². The fraction of sp³-hybridized carbons (Fsp3) is 0.350. The van der Waals surface area contributed by atoms with Crippen molar-refractivity contribution in [2.24, 2.45) is 0 Å². The van der Waals surface area contributed by atoms with Crippen molar-refractivity contribution in [2.75, 3.05) is 26.8 Å². The van der Waals surface area contributed by atoms with E-state index in [1.807, 2.05) is 42.5 Å². The van der Waals surface area contributed by atoms with Gasteiger partial charge in [0.05, 0.1) is 6.61 Å². The van der Waals surface area contributed by atoms with Crippen LogP contribution in [0.4, 0.5) is 4.39 Å². The number of hydrogen-bond acceptors (Lipinski definition) is 6. The van der Waals surface area contributed by atoms with Gasteiger partial charge in [-0.1, -0.05) is 42.8 Å². The van der Waals surface area contributed by atoms with Crippen LogP contribution in [0.1, 0.15) is 77.3 Å². The fourth-order valence-corrected chi connectivity index (χ4v) is 6.84. The monoisotopic (exact) mass is 683 g/mol. The van der Waals surface area contributed by atoms with E-state index in [9.17, 15) is 14.3 Å². The number of pyridine rings is 1. The number of benzene rings is 3. The van der Waals surface area contributed by atoms with Crippen LogP contribution < -0.4 is 4.74 Å². The Bertz CT molecular complexity index is 1890. The number of carbonyl (C=O) groups excluding carboxylic acids is 1. The summed E-state index contributed by atoms with van der Waals surface area (Å²) in [6, 6.07) is 25.9. The minimum atomic E-state index is -0.390. The summed E-state index contributed by atoms with van der Waals surface area (Å²) < 4.78 is 27.8. The number of ether oxygens (including phenoxy) is 2. The van der Waals surface area contributed by atoms with E-state index in [0.717, 1.165) is 73.2 Å². The quantitative estimate of drug-likeness (QED) is 0.118. The van der Waals surface area contributed by atoms with Gasteiger partial charge in [0.25, 0.3) is 0 Å². The van der Waals surface area contributed by atoms with Crippen molar-refractivity contribution in [1.82, 2.24) is 14.5 Å². The minimum Gasteiger partial charge on any atom is -0.508 e. The number of ketones is 1. The topological polar surface area (TPSA) is 76.8 Å². The average Bonchev–Trinajstić information content (AvgIpc) is 3.45. The molecule has 0 bridgehead atoms. The molecule has 0 radical (unpaired) electrons. The number of hydrogen-bond donors (Lipinski definition) is 1. The lowest BCUT2D eigenvalue weighted by molar-refractivity contribution is 0.0978. The second-order valence-electron chi connectivity index (χ2n) is 13.0. The van der Waals surface area contributed by atoms with Crippen molar-refractivity contribution >= 4 is 28.3 Å². The van der Waals surface area contributed by atoms with E-state index >= 15 is 0 Å². The summed E-state index contributed by atoms with van der Waals surface area (Å²) >= 11 is 5.88. The van der Waals surface area contributed by atoms with Crippen LogP contribution >= 0.6 is 11.6 Å². The lowest BCUT2D eigenvalue weighted by Gasteiger charge is -2.32. The zero-order chi connectivity index (χ0) is 34.3. The Morgan fingerprint density at radius 2 is 1.84 bits per heavy atom. The number of phenols is 1. The molecule has 0 aliphatic carbocycles. The maximum atomic E-state index is 14.2. The number of Topliss-reactive ketones (excluding diaryl/α,β-unsaturated/α-hetero) is 1. The van der Waals surface area contributed by atoms with Crippen LogP contribution in [-0.2, 0) is 24.4 Å². The van der Waals surface area contributed by atoms with Crippen LogP contribution in [0.15, 0.2) is 84.9 Å². The van der Waals surface area contributed by atoms with E-state index in [1.54, 1.807) is 31.4 Å². The molecule has 3 aromatic carbocycles. The summed E-state index contributed by atoms with van der Waals surface area (Å²) in [7, 11) is 1.72. The molecule has 9 heteroatoms. The van der Waals surface area contributed by atoms with Gasteiger partial charge in [-0.3, -0.25) is 9.69 Å². The highest BCUT2D eigenvalue weighted by molar-refractivity contribution is 6.30. The summed E-state index contributed by atoms with van der Waals surface area (Å²) in [5, 5.41) is 11.0. The van der Waals surface area contributed by atoms with Gasteiger partial charge in [-0.05, 0) is 98.4 Å². The highest BCUT2D eigenvalue weighted by Gasteiger charge is 2.24. The molecule has 0 unspecified atom stereocenters. The third-order valence-electron chi connectivity index (χ3n) is 9.62. The Morgan fingerprint density at radius 3 is 2.59 bits per heavy atom. The number of fused-ring (bicyclic) bond motifs is 1. The third kappa shape index (κ3) is 8.68. The van der Waals surface area contributed by atoms with E-state index in [1.165, 1.54) is 11.8 Å². The SMILES string of the molecule is COCCn1c(CN2CCC(c3cccc(OCc4ccc(Cl)cc4F)n3)CC2)cc2cc(C(=O)CC[C@@H](C)c3ccc(O)cc3)ccc21. The summed E-state index contributed by atoms with van der Waals surface area (Å²) in [6.07, 6.45) is 3.15. The molecule has 1 atom stereocenters. The predicted molar refractivity (Wildman–Crippen MR) is 191 cm³/mol. The number of phenolic OH excluding ortho intramolecular Hbond substituents is 1. The molecule has 49 heavy (non-hydrogen) atoms. The number of rotatable bonds is 14. The molecule has 3 heterocycles. The molecule has 1 N–H and O–H groups in total. The predicted octanol–water partition coefficient (Wildman–Crippen LogP) is 8.91. The van der Waals surface area contributed by atoms with Gasteiger partial charge in [-0.15, -0.1) is 0 Å². The standard InChI is InChI=1S/C40H43ClFN3O4/c1-27(28-8-12-35(46)13-9-28)6-15-39(47)30-10-14-38-32(22-30)23-34(45(38)20-21-48-2)25-44-18-16-29(17-19-44)37-4-3-5-40(43-37)49-26-31-7-11-33(41)24-36(31)42/h3-5,7-14,22-24,27,29,46H,6,15-21,25-26H2,1-2H3/t27-/m1/s1. The van der Waals surface area contributed by atoms with E-state index in [4.69, 9.17) is 26.1 Å². The van der Waals surface area contributed by atoms with Crippen LogP contribution in [0.25, 0.3) is 10.9 Å². The zero-order valence-corrected chi connectivity index (χ0v) is 28.8. The van der Waals surface area contributed by atoms with Gasteiger partial charge in [0, 0.05) is 77.0 Å². The highest BCUT2D eigenvalue weighted by atomic mass is 35.5. The summed E-state index contributed by atoms with van der Waals surface area (Å²) in [6.45, 7) is 6.21. The maximum absolute atomic E-state index is 14.2. The number of carbonyl (C=O) groups is 1. The van der Waals surface area contributed by atoms with Crippen LogP contribution in [-0.4, -0.2) is 52.1 Å². The molecule has 256 valence electrons. The molecule has 0 saturated carbocycles. The second kappa shape index (κ2) is 16.0. The molecular formula is C40H43ClFN3O4. The molecule has 6 rings (SSSR count). The van der Waals surface area contributed by atoms with Crippen molar-refractivity contribution in [1.29, 1.82) is 0 Å². The first-order valence-corrected chi connectivity index (χ1v) is 17.3. The number of likely N-dealkylation sites (tertiary alicyclic amines) is 1.